The molecule has 2 N–H and O–H groups in total. The zero-order valence-corrected chi connectivity index (χ0v) is 26.9. The molecule has 1 saturated carbocycles. The summed E-state index contributed by atoms with van der Waals surface area (Å²) in [6.07, 6.45) is 11.4. The summed E-state index contributed by atoms with van der Waals surface area (Å²) < 4.78 is 37.9. The van der Waals surface area contributed by atoms with Crippen LogP contribution >= 0.6 is 0 Å². The van der Waals surface area contributed by atoms with E-state index < -0.39 is 10.0 Å². The molecule has 1 aliphatic carbocycles. The average molecular weight is 648 g/mol. The molecule has 4 aromatic rings. The highest BCUT2D eigenvalue weighted by molar-refractivity contribution is 7.92. The number of rotatable bonds is 12. The maximum Gasteiger partial charge on any atom is 0.368 e. The number of benzene rings is 2. The summed E-state index contributed by atoms with van der Waals surface area (Å²) in [5.74, 6) is 1.44. The van der Waals surface area contributed by atoms with Crippen LogP contribution in [-0.4, -0.2) is 52.4 Å². The summed E-state index contributed by atoms with van der Waals surface area (Å²) in [4.78, 5) is 30.0. The third-order valence-corrected chi connectivity index (χ3v) is 10.4. The van der Waals surface area contributed by atoms with Gasteiger partial charge in [-0.15, -0.1) is 0 Å². The van der Waals surface area contributed by atoms with E-state index in [1.54, 1.807) is 48.7 Å². The highest BCUT2D eigenvalue weighted by Gasteiger charge is 2.24. The molecule has 0 spiro atoms. The van der Waals surface area contributed by atoms with Crippen molar-refractivity contribution in [2.75, 3.05) is 22.7 Å². The largest absolute Gasteiger partial charge is 0.488 e. The topological polar surface area (TPSA) is 144 Å². The second kappa shape index (κ2) is 13.9. The van der Waals surface area contributed by atoms with E-state index in [1.165, 1.54) is 53.6 Å². The molecule has 13 heteroatoms. The number of tetrazole rings is 1. The Morgan fingerprint density at radius 1 is 1.02 bits per heavy atom. The van der Waals surface area contributed by atoms with Crippen LogP contribution in [0.2, 0.25) is 0 Å². The summed E-state index contributed by atoms with van der Waals surface area (Å²) in [6, 6.07) is 14.9. The maximum absolute atomic E-state index is 13.2. The van der Waals surface area contributed by atoms with Gasteiger partial charge in [0.15, 0.2) is 0 Å². The van der Waals surface area contributed by atoms with Crippen molar-refractivity contribution in [1.82, 2.24) is 24.8 Å². The first-order valence-corrected chi connectivity index (χ1v) is 17.7. The number of nitrogens with one attached hydrogen (secondary N) is 2. The van der Waals surface area contributed by atoms with Crippen LogP contribution in [0.25, 0.3) is 5.69 Å². The van der Waals surface area contributed by atoms with E-state index in [0.29, 0.717) is 48.9 Å². The Bertz CT molecular complexity index is 1860. The van der Waals surface area contributed by atoms with Crippen LogP contribution in [0.4, 0.5) is 11.4 Å². The number of ether oxygens (including phenoxy) is 1. The molecule has 0 radical (unpaired) electrons. The minimum atomic E-state index is -3.89. The third kappa shape index (κ3) is 7.19. The third-order valence-electron chi connectivity index (χ3n) is 9.02. The van der Waals surface area contributed by atoms with Crippen molar-refractivity contribution >= 4 is 21.4 Å². The fourth-order valence-corrected chi connectivity index (χ4v) is 7.55. The fraction of sp³-hybridized carbons (Fsp3) is 0.455. The number of nitrogens with zero attached hydrogens (tertiary/aromatic N) is 5. The van der Waals surface area contributed by atoms with Gasteiger partial charge < -0.3 is 14.6 Å². The number of likely N-dealkylation sites (N-methyl/N-ethyl adjacent to an activating group) is 1. The molecular formula is C33H41N7O5S. The van der Waals surface area contributed by atoms with Crippen molar-refractivity contribution in [2.45, 2.75) is 82.3 Å². The van der Waals surface area contributed by atoms with Crippen LogP contribution in [0.5, 0.6) is 5.75 Å². The van der Waals surface area contributed by atoms with Crippen molar-refractivity contribution < 1.29 is 13.2 Å². The maximum atomic E-state index is 13.2. The molecule has 0 bridgehead atoms. The van der Waals surface area contributed by atoms with E-state index in [2.05, 4.69) is 20.1 Å². The molecule has 1 fully saturated rings. The molecule has 1 unspecified atom stereocenters. The number of anilines is 2. The standard InChI is InChI=1S/C33H41N7O5S/c1-2-38(30-11-6-20-34-32(30)41)23-28-16-12-25-22-26(13-19-31(25)45-28)35-46(43,44)29-17-14-27(15-18-29)40-33(42)39(36-37-40)21-7-10-24-8-4-3-5-9-24/h6,11,13-15,17-20,22,24,28,35H,2-5,7-10,12,16,21,23H2,1H3,(H,34,41). The Balaban J connectivity index is 1.06. The number of aromatic amines is 1. The van der Waals surface area contributed by atoms with Crippen LogP contribution in [0.1, 0.15) is 63.9 Å². The Morgan fingerprint density at radius 3 is 2.59 bits per heavy atom. The van der Waals surface area contributed by atoms with Gasteiger partial charge in [-0.2, -0.15) is 9.36 Å². The molecule has 46 heavy (non-hydrogen) atoms. The number of sulfonamides is 1. The lowest BCUT2D eigenvalue weighted by Gasteiger charge is -2.31. The van der Waals surface area contributed by atoms with Crippen molar-refractivity contribution in [2.24, 2.45) is 5.92 Å². The lowest BCUT2D eigenvalue weighted by Crippen LogP contribution is -2.39. The molecule has 0 amide bonds. The number of aromatic nitrogens is 5. The number of fused-ring (bicyclic) bond motifs is 1. The second-order valence-corrected chi connectivity index (χ2v) is 13.8. The lowest BCUT2D eigenvalue weighted by molar-refractivity contribution is 0.178. The molecule has 2 aliphatic rings. The average Bonchev–Trinajstić information content (AvgIpc) is 3.44. The van der Waals surface area contributed by atoms with Crippen molar-refractivity contribution in [3.63, 3.8) is 0 Å². The molecule has 1 aliphatic heterocycles. The molecule has 12 nitrogen and oxygen atoms in total. The fourth-order valence-electron chi connectivity index (χ4n) is 6.50. The minimum absolute atomic E-state index is 0.0637. The van der Waals surface area contributed by atoms with Crippen LogP contribution in [0, 0.1) is 5.92 Å². The Morgan fingerprint density at radius 2 is 1.83 bits per heavy atom. The quantitative estimate of drug-likeness (QED) is 0.229. The summed E-state index contributed by atoms with van der Waals surface area (Å²) in [5.41, 5.74) is 1.92. The Hall–Kier alpha value is -4.39. The first kappa shape index (κ1) is 31.6. The lowest BCUT2D eigenvalue weighted by atomic mass is 9.86. The zero-order valence-electron chi connectivity index (χ0n) is 26.1. The molecule has 1 atom stereocenters. The summed E-state index contributed by atoms with van der Waals surface area (Å²) in [5, 5.41) is 8.06. The second-order valence-electron chi connectivity index (χ2n) is 12.2. The Kier molecular flexibility index (Phi) is 9.57. The van der Waals surface area contributed by atoms with Crippen molar-refractivity contribution in [1.29, 1.82) is 0 Å². The molecule has 0 saturated heterocycles. The van der Waals surface area contributed by atoms with Gasteiger partial charge in [0.1, 0.15) is 17.5 Å². The van der Waals surface area contributed by atoms with E-state index >= 15 is 0 Å². The SMILES string of the molecule is CCN(CC1CCc2cc(NS(=O)(=O)c3ccc(-n4nnn(CCCC5CCCCC5)c4=O)cc3)ccc2O1)c1ccc[nH]c1=O. The molecule has 2 aromatic heterocycles. The number of aryl methyl sites for hydroxylation is 2. The van der Waals surface area contributed by atoms with Crippen LogP contribution in [0.15, 0.2) is 75.3 Å². The molecular weight excluding hydrogens is 606 g/mol. The number of H-pyrrole nitrogens is 1. The number of hydrogen-bond acceptors (Lipinski definition) is 8. The van der Waals surface area contributed by atoms with Gasteiger partial charge in [-0.1, -0.05) is 32.1 Å². The van der Waals surface area contributed by atoms with Gasteiger partial charge in [0.2, 0.25) is 0 Å². The van der Waals surface area contributed by atoms with Crippen LogP contribution in [0.3, 0.4) is 0 Å². The predicted molar refractivity (Wildman–Crippen MR) is 176 cm³/mol. The van der Waals surface area contributed by atoms with Crippen LogP contribution < -0.4 is 25.6 Å². The Labute approximate surface area is 268 Å². The normalized spacial score (nSPS) is 16.8. The van der Waals surface area contributed by atoms with E-state index in [1.807, 2.05) is 11.8 Å². The summed E-state index contributed by atoms with van der Waals surface area (Å²) in [6.45, 7) is 3.75. The monoisotopic (exact) mass is 647 g/mol. The predicted octanol–water partition coefficient (Wildman–Crippen LogP) is 4.50. The number of hydrogen-bond donors (Lipinski definition) is 2. The summed E-state index contributed by atoms with van der Waals surface area (Å²) in [7, 11) is -3.89. The first-order valence-electron chi connectivity index (χ1n) is 16.2. The molecule has 244 valence electrons. The molecule has 3 heterocycles. The van der Waals surface area contributed by atoms with E-state index in [4.69, 9.17) is 4.74 Å². The minimum Gasteiger partial charge on any atom is -0.488 e. The number of pyridine rings is 1. The van der Waals surface area contributed by atoms with Gasteiger partial charge in [-0.3, -0.25) is 9.52 Å². The van der Waals surface area contributed by atoms with E-state index in [9.17, 15) is 18.0 Å². The molecule has 6 rings (SSSR count). The van der Waals surface area contributed by atoms with Gasteiger partial charge in [0, 0.05) is 25.0 Å². The smallest absolute Gasteiger partial charge is 0.368 e. The van der Waals surface area contributed by atoms with Crippen molar-refractivity contribution in [3.05, 3.63) is 87.2 Å². The van der Waals surface area contributed by atoms with E-state index in [-0.39, 0.29) is 22.2 Å². The summed E-state index contributed by atoms with van der Waals surface area (Å²) >= 11 is 0. The van der Waals surface area contributed by atoms with Crippen LogP contribution in [-0.2, 0) is 23.0 Å². The molecule has 2 aromatic carbocycles. The highest BCUT2D eigenvalue weighted by Crippen LogP contribution is 2.32. The first-order chi connectivity index (χ1) is 22.3. The van der Waals surface area contributed by atoms with Gasteiger partial charge in [0.25, 0.3) is 15.6 Å². The van der Waals surface area contributed by atoms with Crippen molar-refractivity contribution in [3.8, 4) is 11.4 Å². The van der Waals surface area contributed by atoms with E-state index in [0.717, 1.165) is 30.7 Å². The zero-order chi connectivity index (χ0) is 32.1. The van der Waals surface area contributed by atoms with Gasteiger partial charge in [-0.05, 0) is 109 Å². The van der Waals surface area contributed by atoms with Gasteiger partial charge in [-0.25, -0.2) is 13.2 Å². The van der Waals surface area contributed by atoms with Gasteiger partial charge >= 0.3 is 5.69 Å². The van der Waals surface area contributed by atoms with Gasteiger partial charge in [0.05, 0.1) is 17.1 Å². The highest BCUT2D eigenvalue weighted by atomic mass is 32.2.